The normalized spacial score (nSPS) is 14.9. The fraction of sp³-hybridized carbons (Fsp3) is 0.385. The summed E-state index contributed by atoms with van der Waals surface area (Å²) in [5.74, 6) is 0.529. The van der Waals surface area contributed by atoms with Gasteiger partial charge in [-0.1, -0.05) is 17.7 Å². The molecule has 1 saturated heterocycles. The van der Waals surface area contributed by atoms with Gasteiger partial charge in [0, 0.05) is 24.2 Å². The lowest BCUT2D eigenvalue weighted by Crippen LogP contribution is -2.40. The summed E-state index contributed by atoms with van der Waals surface area (Å²) in [6.07, 6.45) is 2.52. The van der Waals surface area contributed by atoms with Crippen LogP contribution in [0.5, 0.6) is 5.75 Å². The number of amides is 1. The van der Waals surface area contributed by atoms with Gasteiger partial charge in [-0.05, 0) is 81.5 Å². The van der Waals surface area contributed by atoms with Crippen LogP contribution in [0.1, 0.15) is 49.2 Å². The summed E-state index contributed by atoms with van der Waals surface area (Å²) < 4.78 is 19.6. The molecule has 0 saturated carbocycles. The fourth-order valence-electron chi connectivity index (χ4n) is 4.34. The number of rotatable bonds is 7. The molecule has 0 aliphatic carbocycles. The zero-order chi connectivity index (χ0) is 24.3. The van der Waals surface area contributed by atoms with E-state index in [9.17, 15) is 14.3 Å². The van der Waals surface area contributed by atoms with E-state index in [0.29, 0.717) is 46.7 Å². The van der Waals surface area contributed by atoms with Crippen LogP contribution in [0.15, 0.2) is 48.5 Å². The molecular formula is C26H29ClFN3O3. The molecule has 0 atom stereocenters. The summed E-state index contributed by atoms with van der Waals surface area (Å²) in [6.45, 7) is 5.03. The summed E-state index contributed by atoms with van der Waals surface area (Å²) in [5, 5.41) is 17.5. The van der Waals surface area contributed by atoms with E-state index in [0.717, 1.165) is 24.8 Å². The lowest BCUT2D eigenvalue weighted by atomic mass is 9.86. The molecule has 2 aromatic carbocycles. The predicted molar refractivity (Wildman–Crippen MR) is 129 cm³/mol. The van der Waals surface area contributed by atoms with Crippen LogP contribution in [0.25, 0.3) is 11.3 Å². The summed E-state index contributed by atoms with van der Waals surface area (Å²) in [4.78, 5) is 14.7. The largest absolute Gasteiger partial charge is 0.489 e. The number of nitrogens with zero attached hydrogens (tertiary/aromatic N) is 2. The van der Waals surface area contributed by atoms with Crippen molar-refractivity contribution in [3.8, 4) is 17.0 Å². The molecule has 180 valence electrons. The topological polar surface area (TPSA) is 78.4 Å². The van der Waals surface area contributed by atoms with Crippen LogP contribution in [-0.2, 0) is 6.61 Å². The Hall–Kier alpha value is -2.90. The highest BCUT2D eigenvalue weighted by atomic mass is 35.5. The van der Waals surface area contributed by atoms with Gasteiger partial charge in [0.05, 0.1) is 16.3 Å². The Labute approximate surface area is 203 Å². The van der Waals surface area contributed by atoms with Gasteiger partial charge >= 0.3 is 0 Å². The maximum absolute atomic E-state index is 13.9. The minimum atomic E-state index is -0.680. The SMILES string of the molecule is CC(C)(O)CC1CCN(C(=O)c2cc(-c3ccc(OCc4c(F)cccc4Cl)cc3)n[nH]2)CC1. The summed E-state index contributed by atoms with van der Waals surface area (Å²) in [7, 11) is 0. The number of H-pyrrole nitrogens is 1. The van der Waals surface area contributed by atoms with E-state index in [1.165, 1.54) is 6.07 Å². The van der Waals surface area contributed by atoms with Gasteiger partial charge in [0.2, 0.25) is 0 Å². The summed E-state index contributed by atoms with van der Waals surface area (Å²) in [5.41, 5.74) is 1.57. The van der Waals surface area contributed by atoms with Crippen molar-refractivity contribution in [1.29, 1.82) is 0 Å². The molecule has 1 aliphatic heterocycles. The third kappa shape index (κ3) is 5.96. The summed E-state index contributed by atoms with van der Waals surface area (Å²) in [6, 6.07) is 13.5. The minimum Gasteiger partial charge on any atom is -0.489 e. The van der Waals surface area contributed by atoms with Gasteiger partial charge in [0.15, 0.2) is 0 Å². The molecule has 0 radical (unpaired) electrons. The number of likely N-dealkylation sites (tertiary alicyclic amines) is 1. The number of hydrogen-bond acceptors (Lipinski definition) is 4. The molecule has 0 unspecified atom stereocenters. The average Bonchev–Trinajstić information content (AvgIpc) is 3.28. The Balaban J connectivity index is 1.34. The summed E-state index contributed by atoms with van der Waals surface area (Å²) >= 11 is 6.04. The van der Waals surface area contributed by atoms with Crippen LogP contribution in [0.3, 0.4) is 0 Å². The van der Waals surface area contributed by atoms with E-state index in [-0.39, 0.29) is 12.5 Å². The van der Waals surface area contributed by atoms with Crippen LogP contribution < -0.4 is 4.74 Å². The van der Waals surface area contributed by atoms with Crippen LogP contribution >= 0.6 is 11.6 Å². The molecule has 1 amide bonds. The van der Waals surface area contributed by atoms with Crippen molar-refractivity contribution in [1.82, 2.24) is 15.1 Å². The minimum absolute atomic E-state index is 0.0262. The molecule has 2 N–H and O–H groups in total. The second-order valence-electron chi connectivity index (χ2n) is 9.43. The van der Waals surface area contributed by atoms with Crippen LogP contribution in [0, 0.1) is 11.7 Å². The predicted octanol–water partition coefficient (Wildman–Crippen LogP) is 5.46. The highest BCUT2D eigenvalue weighted by molar-refractivity contribution is 6.31. The molecule has 2 heterocycles. The molecule has 6 nitrogen and oxygen atoms in total. The lowest BCUT2D eigenvalue weighted by molar-refractivity contribution is 0.0357. The van der Waals surface area contributed by atoms with Crippen LogP contribution in [0.4, 0.5) is 4.39 Å². The maximum Gasteiger partial charge on any atom is 0.271 e. The molecule has 1 aromatic heterocycles. The number of carbonyl (C=O) groups excluding carboxylic acids is 1. The Kier molecular flexibility index (Phi) is 7.24. The first-order valence-corrected chi connectivity index (χ1v) is 11.8. The van der Waals surface area contributed by atoms with Gasteiger partial charge in [0.1, 0.15) is 23.9 Å². The number of hydrogen-bond donors (Lipinski definition) is 2. The van der Waals surface area contributed by atoms with Crippen molar-refractivity contribution in [2.75, 3.05) is 13.1 Å². The molecule has 0 spiro atoms. The second-order valence-corrected chi connectivity index (χ2v) is 9.84. The van der Waals surface area contributed by atoms with E-state index in [4.69, 9.17) is 16.3 Å². The van der Waals surface area contributed by atoms with E-state index in [1.807, 2.05) is 30.9 Å². The fourth-order valence-corrected chi connectivity index (χ4v) is 4.56. The molecule has 1 aliphatic rings. The zero-order valence-corrected chi connectivity index (χ0v) is 20.1. The van der Waals surface area contributed by atoms with Gasteiger partial charge in [-0.2, -0.15) is 5.10 Å². The first-order valence-electron chi connectivity index (χ1n) is 11.4. The molecule has 34 heavy (non-hydrogen) atoms. The number of carbonyl (C=O) groups is 1. The Morgan fingerprint density at radius 2 is 1.94 bits per heavy atom. The number of aliphatic hydroxyl groups is 1. The smallest absolute Gasteiger partial charge is 0.271 e. The van der Waals surface area contributed by atoms with Gasteiger partial charge in [-0.3, -0.25) is 9.89 Å². The van der Waals surface area contributed by atoms with Gasteiger partial charge in [0.25, 0.3) is 5.91 Å². The number of aromatic nitrogens is 2. The van der Waals surface area contributed by atoms with Crippen molar-refractivity contribution in [3.63, 3.8) is 0 Å². The van der Waals surface area contributed by atoms with Gasteiger partial charge in [-0.15, -0.1) is 0 Å². The van der Waals surface area contributed by atoms with Crippen LogP contribution in [0.2, 0.25) is 5.02 Å². The molecule has 8 heteroatoms. The number of piperidine rings is 1. The van der Waals surface area contributed by atoms with Crippen molar-refractivity contribution in [3.05, 3.63) is 70.6 Å². The quantitative estimate of drug-likeness (QED) is 0.465. The lowest BCUT2D eigenvalue weighted by Gasteiger charge is -2.34. The zero-order valence-electron chi connectivity index (χ0n) is 19.4. The van der Waals surface area contributed by atoms with Crippen LogP contribution in [-0.4, -0.2) is 44.8 Å². The molecule has 1 fully saturated rings. The number of ether oxygens (including phenoxy) is 1. The number of aromatic amines is 1. The number of halogens is 2. The average molecular weight is 486 g/mol. The highest BCUT2D eigenvalue weighted by Gasteiger charge is 2.28. The Morgan fingerprint density at radius 3 is 2.59 bits per heavy atom. The van der Waals surface area contributed by atoms with Gasteiger partial charge < -0.3 is 14.7 Å². The monoisotopic (exact) mass is 485 g/mol. The van der Waals surface area contributed by atoms with E-state index in [1.54, 1.807) is 30.3 Å². The van der Waals surface area contributed by atoms with Crippen molar-refractivity contribution < 1.29 is 19.0 Å². The number of nitrogens with one attached hydrogen (secondary N) is 1. The van der Waals surface area contributed by atoms with Crippen molar-refractivity contribution in [2.45, 2.75) is 45.3 Å². The van der Waals surface area contributed by atoms with E-state index >= 15 is 0 Å². The third-order valence-electron chi connectivity index (χ3n) is 6.09. The maximum atomic E-state index is 13.9. The molecule has 0 bridgehead atoms. The Bertz CT molecular complexity index is 1110. The highest BCUT2D eigenvalue weighted by Crippen LogP contribution is 2.28. The van der Waals surface area contributed by atoms with Crippen molar-refractivity contribution >= 4 is 17.5 Å². The van der Waals surface area contributed by atoms with Crippen molar-refractivity contribution in [2.24, 2.45) is 5.92 Å². The second kappa shape index (κ2) is 10.2. The molecule has 3 aromatic rings. The van der Waals surface area contributed by atoms with E-state index in [2.05, 4.69) is 10.2 Å². The van der Waals surface area contributed by atoms with E-state index < -0.39 is 11.4 Å². The number of benzene rings is 2. The Morgan fingerprint density at radius 1 is 1.24 bits per heavy atom. The first kappa shape index (κ1) is 24.2. The van der Waals surface area contributed by atoms with Gasteiger partial charge in [-0.25, -0.2) is 4.39 Å². The standard InChI is InChI=1S/C26H29ClFN3O3/c1-26(2,33)15-17-10-12-31(13-11-17)25(32)24-14-23(29-30-24)18-6-8-19(9-7-18)34-16-20-21(27)4-3-5-22(20)28/h3-9,14,17,33H,10-13,15-16H2,1-2H3,(H,29,30). The third-order valence-corrected chi connectivity index (χ3v) is 6.45. The molecule has 4 rings (SSSR count). The molecular weight excluding hydrogens is 457 g/mol. The first-order chi connectivity index (χ1) is 16.2.